The Hall–Kier alpha value is -4.10. The Morgan fingerprint density at radius 3 is 2.27 bits per heavy atom. The third-order valence-electron chi connectivity index (χ3n) is 7.94. The Morgan fingerprint density at radius 1 is 0.900 bits per heavy atom. The second-order valence-corrected chi connectivity index (χ2v) is 11.0. The Kier molecular flexibility index (Phi) is 8.21. The number of aromatic amines is 1. The minimum atomic E-state index is -0.455. The van der Waals surface area contributed by atoms with Crippen molar-refractivity contribution in [2.75, 3.05) is 6.54 Å². The summed E-state index contributed by atoms with van der Waals surface area (Å²) in [5.74, 6) is 0.673. The molecule has 0 aliphatic rings. The number of hydrogen-bond acceptors (Lipinski definition) is 5. The maximum absolute atomic E-state index is 13.8. The van der Waals surface area contributed by atoms with Gasteiger partial charge >= 0.3 is 0 Å². The van der Waals surface area contributed by atoms with Crippen molar-refractivity contribution < 1.29 is 0 Å². The lowest BCUT2D eigenvalue weighted by molar-refractivity contribution is 0.190. The van der Waals surface area contributed by atoms with Crippen molar-refractivity contribution in [3.05, 3.63) is 123 Å². The van der Waals surface area contributed by atoms with Gasteiger partial charge in [0.05, 0.1) is 5.54 Å². The van der Waals surface area contributed by atoms with Crippen molar-refractivity contribution in [2.24, 2.45) is 0 Å². The molecule has 0 spiro atoms. The zero-order chi connectivity index (χ0) is 28.1. The van der Waals surface area contributed by atoms with Crippen molar-refractivity contribution in [3.63, 3.8) is 0 Å². The third-order valence-corrected chi connectivity index (χ3v) is 7.94. The summed E-state index contributed by atoms with van der Waals surface area (Å²) < 4.78 is 1.91. The zero-order valence-corrected chi connectivity index (χ0v) is 23.8. The number of benzene rings is 3. The number of hydrogen-bond donors (Lipinski definition) is 1. The minimum Gasteiger partial charge on any atom is -0.322 e. The maximum Gasteiger partial charge on any atom is 0.253 e. The van der Waals surface area contributed by atoms with Gasteiger partial charge in [0.15, 0.2) is 5.82 Å². The van der Waals surface area contributed by atoms with Gasteiger partial charge in [0.2, 0.25) is 0 Å². The third kappa shape index (κ3) is 5.89. The summed E-state index contributed by atoms with van der Waals surface area (Å²) in [5.41, 5.74) is 4.67. The average Bonchev–Trinajstić information content (AvgIpc) is 3.47. The van der Waals surface area contributed by atoms with Crippen LogP contribution in [-0.2, 0) is 24.9 Å². The fourth-order valence-electron chi connectivity index (χ4n) is 5.18. The van der Waals surface area contributed by atoms with Crippen LogP contribution >= 0.6 is 0 Å². The standard InChI is InChI=1S/C33H38N6O/c1-5-24-17-18-29-27(21-24)22-28(32(40)34-29)30(31-35-36-37-39(31)33(3,4)6-2)38(23-26-15-11-8-12-16-26)20-19-25-13-9-7-10-14-25/h7-18,21-22,30H,5-6,19-20,23H2,1-4H3,(H,34,40). The molecule has 40 heavy (non-hydrogen) atoms. The van der Waals surface area contributed by atoms with Crippen LogP contribution in [0.5, 0.6) is 0 Å². The normalized spacial score (nSPS) is 12.7. The van der Waals surface area contributed by atoms with Gasteiger partial charge < -0.3 is 4.98 Å². The first kappa shape index (κ1) is 27.5. The summed E-state index contributed by atoms with van der Waals surface area (Å²) in [7, 11) is 0. The highest BCUT2D eigenvalue weighted by Crippen LogP contribution is 2.32. The summed E-state index contributed by atoms with van der Waals surface area (Å²) in [6, 6.07) is 28.7. The number of nitrogens with zero attached hydrogens (tertiary/aromatic N) is 5. The van der Waals surface area contributed by atoms with Gasteiger partial charge in [0, 0.05) is 24.2 Å². The molecule has 2 heterocycles. The molecule has 1 unspecified atom stereocenters. The molecule has 1 N–H and O–H groups in total. The lowest BCUT2D eigenvalue weighted by Crippen LogP contribution is -2.39. The van der Waals surface area contributed by atoms with Crippen molar-refractivity contribution in [1.29, 1.82) is 0 Å². The Balaban J connectivity index is 1.69. The van der Waals surface area contributed by atoms with Crippen LogP contribution in [0.3, 0.4) is 0 Å². The quantitative estimate of drug-likeness (QED) is 0.223. The first-order valence-electron chi connectivity index (χ1n) is 14.2. The zero-order valence-electron chi connectivity index (χ0n) is 23.8. The van der Waals surface area contributed by atoms with Gasteiger partial charge in [-0.15, -0.1) is 5.10 Å². The highest BCUT2D eigenvalue weighted by molar-refractivity contribution is 5.80. The molecule has 3 aromatic carbocycles. The van der Waals surface area contributed by atoms with Gasteiger partial charge in [0.1, 0.15) is 6.04 Å². The largest absolute Gasteiger partial charge is 0.322 e. The summed E-state index contributed by atoms with van der Waals surface area (Å²) in [5, 5.41) is 14.2. The summed E-state index contributed by atoms with van der Waals surface area (Å²) in [6.45, 7) is 9.90. The minimum absolute atomic E-state index is 0.122. The number of tetrazole rings is 1. The molecule has 7 nitrogen and oxygen atoms in total. The monoisotopic (exact) mass is 534 g/mol. The Labute approximate surface area is 235 Å². The SMILES string of the molecule is CCc1ccc2[nH]c(=O)c(C(c3nnnn3C(C)(C)CC)N(CCc3ccccc3)Cc3ccccc3)cc2c1. The summed E-state index contributed by atoms with van der Waals surface area (Å²) in [4.78, 5) is 19.3. The van der Waals surface area contributed by atoms with E-state index in [1.165, 1.54) is 16.7 Å². The number of pyridine rings is 1. The highest BCUT2D eigenvalue weighted by atomic mass is 16.1. The van der Waals surface area contributed by atoms with Gasteiger partial charge in [-0.25, -0.2) is 4.68 Å². The number of fused-ring (bicyclic) bond motifs is 1. The molecule has 0 saturated heterocycles. The molecule has 2 aromatic heterocycles. The van der Waals surface area contributed by atoms with E-state index in [1.807, 2.05) is 28.9 Å². The first-order valence-corrected chi connectivity index (χ1v) is 14.2. The van der Waals surface area contributed by atoms with E-state index in [0.717, 1.165) is 36.7 Å². The molecule has 1 atom stereocenters. The van der Waals surface area contributed by atoms with Gasteiger partial charge in [0.25, 0.3) is 5.56 Å². The molecule has 7 heteroatoms. The predicted octanol–water partition coefficient (Wildman–Crippen LogP) is 6.06. The van der Waals surface area contributed by atoms with Crippen LogP contribution in [0.15, 0.2) is 89.7 Å². The van der Waals surface area contributed by atoms with Gasteiger partial charge in [-0.1, -0.05) is 80.6 Å². The fourth-order valence-corrected chi connectivity index (χ4v) is 5.18. The predicted molar refractivity (Wildman–Crippen MR) is 160 cm³/mol. The number of aryl methyl sites for hydroxylation is 1. The number of rotatable bonds is 11. The van der Waals surface area contributed by atoms with E-state index < -0.39 is 6.04 Å². The van der Waals surface area contributed by atoms with E-state index in [4.69, 9.17) is 0 Å². The number of aromatic nitrogens is 5. The van der Waals surface area contributed by atoms with Gasteiger partial charge in [-0.3, -0.25) is 9.69 Å². The molecule has 0 fully saturated rings. The molecule has 0 bridgehead atoms. The molecular weight excluding hydrogens is 496 g/mol. The summed E-state index contributed by atoms with van der Waals surface area (Å²) in [6.07, 6.45) is 2.59. The van der Waals surface area contributed by atoms with Gasteiger partial charge in [-0.2, -0.15) is 0 Å². The fraction of sp³-hybridized carbons (Fsp3) is 0.333. The summed E-state index contributed by atoms with van der Waals surface area (Å²) >= 11 is 0. The molecular formula is C33H38N6O. The molecule has 0 amide bonds. The highest BCUT2D eigenvalue weighted by Gasteiger charge is 2.34. The van der Waals surface area contributed by atoms with Crippen LogP contribution in [0, 0.1) is 0 Å². The van der Waals surface area contributed by atoms with Crippen molar-refractivity contribution >= 4 is 10.9 Å². The molecule has 5 aromatic rings. The Bertz CT molecular complexity index is 1610. The van der Waals surface area contributed by atoms with Crippen LogP contribution in [0.2, 0.25) is 0 Å². The van der Waals surface area contributed by atoms with E-state index in [2.05, 4.69) is 114 Å². The van der Waals surface area contributed by atoms with E-state index in [9.17, 15) is 4.79 Å². The van der Waals surface area contributed by atoms with Crippen molar-refractivity contribution in [1.82, 2.24) is 30.1 Å². The molecule has 0 aliphatic carbocycles. The average molecular weight is 535 g/mol. The first-order chi connectivity index (χ1) is 19.4. The second-order valence-electron chi connectivity index (χ2n) is 11.0. The van der Waals surface area contributed by atoms with Crippen LogP contribution < -0.4 is 5.56 Å². The van der Waals surface area contributed by atoms with Crippen LogP contribution in [0.25, 0.3) is 10.9 Å². The van der Waals surface area contributed by atoms with E-state index in [0.29, 0.717) is 17.9 Å². The van der Waals surface area contributed by atoms with Crippen molar-refractivity contribution in [3.8, 4) is 0 Å². The number of H-pyrrole nitrogens is 1. The topological polar surface area (TPSA) is 79.7 Å². The molecule has 5 rings (SSSR count). The molecule has 0 radical (unpaired) electrons. The van der Waals surface area contributed by atoms with Crippen LogP contribution in [-0.4, -0.2) is 36.6 Å². The van der Waals surface area contributed by atoms with Crippen molar-refractivity contribution in [2.45, 2.75) is 65.1 Å². The maximum atomic E-state index is 13.8. The smallest absolute Gasteiger partial charge is 0.253 e. The van der Waals surface area contributed by atoms with E-state index in [-0.39, 0.29) is 11.1 Å². The van der Waals surface area contributed by atoms with Gasteiger partial charge in [-0.05, 0) is 83.8 Å². The Morgan fingerprint density at radius 2 is 1.60 bits per heavy atom. The molecule has 0 aliphatic heterocycles. The van der Waals surface area contributed by atoms with E-state index in [1.54, 1.807) is 0 Å². The number of nitrogens with one attached hydrogen (secondary N) is 1. The molecule has 0 saturated carbocycles. The van der Waals surface area contributed by atoms with E-state index >= 15 is 0 Å². The van der Waals surface area contributed by atoms with Crippen LogP contribution in [0.1, 0.15) is 68.2 Å². The lowest BCUT2D eigenvalue weighted by atomic mass is 9.98. The van der Waals surface area contributed by atoms with Crippen LogP contribution in [0.4, 0.5) is 0 Å². The lowest BCUT2D eigenvalue weighted by Gasteiger charge is -2.33. The molecule has 206 valence electrons. The second kappa shape index (κ2) is 12.0.